The Morgan fingerprint density at radius 3 is 2.47 bits per heavy atom. The number of rotatable bonds is 5. The Morgan fingerprint density at radius 2 is 2.06 bits per heavy atom. The first-order valence-electron chi connectivity index (χ1n) is 5.28. The van der Waals surface area contributed by atoms with Gasteiger partial charge in [0.1, 0.15) is 5.54 Å². The average molecular weight is 243 g/mol. The van der Waals surface area contributed by atoms with E-state index in [9.17, 15) is 14.4 Å². The summed E-state index contributed by atoms with van der Waals surface area (Å²) in [6.07, 6.45) is 0. The van der Waals surface area contributed by atoms with E-state index in [0.29, 0.717) is 6.54 Å². The lowest BCUT2D eigenvalue weighted by Crippen LogP contribution is -2.42. The van der Waals surface area contributed by atoms with Gasteiger partial charge in [-0.05, 0) is 20.9 Å². The number of hydrogen-bond acceptors (Lipinski definition) is 4. The molecule has 0 unspecified atom stereocenters. The molecule has 1 heterocycles. The maximum absolute atomic E-state index is 11.8. The number of nitrogens with zero attached hydrogens (tertiary/aromatic N) is 2. The summed E-state index contributed by atoms with van der Waals surface area (Å²) in [6.45, 7) is 3.68. The highest BCUT2D eigenvalue weighted by molar-refractivity contribution is 6.06. The lowest BCUT2D eigenvalue weighted by molar-refractivity contribution is -0.137. The van der Waals surface area contributed by atoms with E-state index in [1.807, 2.05) is 0 Å². The van der Waals surface area contributed by atoms with Gasteiger partial charge in [-0.25, -0.2) is 4.79 Å². The SMILES string of the molecule is CN(CCN1C(=O)NC(C)(C)C1=O)CC(=O)O. The third kappa shape index (κ3) is 3.16. The molecule has 0 radical (unpaired) electrons. The standard InChI is InChI=1S/C10H17N3O4/c1-10(2)8(16)13(9(17)11-10)5-4-12(3)6-7(14)15/h4-6H2,1-3H3,(H,11,17)(H,14,15). The minimum Gasteiger partial charge on any atom is -0.480 e. The van der Waals surface area contributed by atoms with Crippen LogP contribution in [0.25, 0.3) is 0 Å². The van der Waals surface area contributed by atoms with Crippen LogP contribution in [0.5, 0.6) is 0 Å². The van der Waals surface area contributed by atoms with Crippen molar-refractivity contribution in [2.24, 2.45) is 0 Å². The first kappa shape index (κ1) is 13.4. The molecule has 0 aliphatic carbocycles. The highest BCUT2D eigenvalue weighted by atomic mass is 16.4. The second-order valence-electron chi connectivity index (χ2n) is 4.64. The van der Waals surface area contributed by atoms with Gasteiger partial charge in [0.25, 0.3) is 5.91 Å². The molecule has 0 saturated carbocycles. The van der Waals surface area contributed by atoms with Crippen molar-refractivity contribution in [3.05, 3.63) is 0 Å². The fraction of sp³-hybridized carbons (Fsp3) is 0.700. The van der Waals surface area contributed by atoms with Gasteiger partial charge >= 0.3 is 12.0 Å². The molecule has 17 heavy (non-hydrogen) atoms. The number of amides is 3. The fourth-order valence-electron chi connectivity index (χ4n) is 1.60. The third-order valence-corrected chi connectivity index (χ3v) is 2.55. The summed E-state index contributed by atoms with van der Waals surface area (Å²) in [6, 6.07) is -0.427. The van der Waals surface area contributed by atoms with Crippen molar-refractivity contribution in [2.45, 2.75) is 19.4 Å². The highest BCUT2D eigenvalue weighted by Crippen LogP contribution is 2.15. The zero-order chi connectivity index (χ0) is 13.2. The molecule has 1 aliphatic heterocycles. The smallest absolute Gasteiger partial charge is 0.325 e. The number of imide groups is 1. The van der Waals surface area contributed by atoms with E-state index in [1.165, 1.54) is 4.90 Å². The molecule has 1 fully saturated rings. The quantitative estimate of drug-likeness (QED) is 0.625. The van der Waals surface area contributed by atoms with E-state index in [1.54, 1.807) is 20.9 Å². The minimum absolute atomic E-state index is 0.118. The first-order chi connectivity index (χ1) is 7.74. The summed E-state index contributed by atoms with van der Waals surface area (Å²) in [5.41, 5.74) is -0.873. The van der Waals surface area contributed by atoms with Gasteiger partial charge in [0, 0.05) is 13.1 Å². The van der Waals surface area contributed by atoms with E-state index in [0.717, 1.165) is 4.90 Å². The second kappa shape index (κ2) is 4.70. The molecule has 0 aromatic carbocycles. The zero-order valence-corrected chi connectivity index (χ0v) is 10.2. The number of carbonyl (C=O) groups is 3. The van der Waals surface area contributed by atoms with Crippen LogP contribution in [0.15, 0.2) is 0 Å². The van der Waals surface area contributed by atoms with Crippen LogP contribution in [0.1, 0.15) is 13.8 Å². The topological polar surface area (TPSA) is 90.0 Å². The Bertz CT molecular complexity index is 353. The van der Waals surface area contributed by atoms with Gasteiger partial charge in [0.05, 0.1) is 6.54 Å². The summed E-state index contributed by atoms with van der Waals surface area (Å²) in [5.74, 6) is -1.23. The van der Waals surface area contributed by atoms with Gasteiger partial charge in [0.2, 0.25) is 0 Å². The van der Waals surface area contributed by atoms with Crippen molar-refractivity contribution in [3.63, 3.8) is 0 Å². The van der Waals surface area contributed by atoms with E-state index >= 15 is 0 Å². The van der Waals surface area contributed by atoms with Gasteiger partial charge in [-0.15, -0.1) is 0 Å². The van der Waals surface area contributed by atoms with Crippen LogP contribution in [0.2, 0.25) is 0 Å². The lowest BCUT2D eigenvalue weighted by Gasteiger charge is -2.19. The molecule has 96 valence electrons. The summed E-state index contributed by atoms with van der Waals surface area (Å²) >= 11 is 0. The maximum atomic E-state index is 11.8. The number of hydrogen-bond donors (Lipinski definition) is 2. The predicted octanol–water partition coefficient (Wildman–Crippen LogP) is -0.667. The van der Waals surface area contributed by atoms with E-state index in [-0.39, 0.29) is 19.0 Å². The molecule has 0 bridgehead atoms. The average Bonchev–Trinajstić information content (AvgIpc) is 2.33. The second-order valence-corrected chi connectivity index (χ2v) is 4.64. The molecule has 1 saturated heterocycles. The maximum Gasteiger partial charge on any atom is 0.325 e. The summed E-state index contributed by atoms with van der Waals surface area (Å²) < 4.78 is 0. The molecule has 0 atom stereocenters. The number of nitrogens with one attached hydrogen (secondary N) is 1. The van der Waals surface area contributed by atoms with Gasteiger partial charge in [-0.2, -0.15) is 0 Å². The Kier molecular flexibility index (Phi) is 3.72. The van der Waals surface area contributed by atoms with Crippen molar-refractivity contribution < 1.29 is 19.5 Å². The number of carboxylic acids is 1. The lowest BCUT2D eigenvalue weighted by atomic mass is 10.1. The first-order valence-corrected chi connectivity index (χ1v) is 5.28. The van der Waals surface area contributed by atoms with Crippen molar-refractivity contribution in [3.8, 4) is 0 Å². The Balaban J connectivity index is 2.50. The van der Waals surface area contributed by atoms with E-state index in [4.69, 9.17) is 5.11 Å². The molecular weight excluding hydrogens is 226 g/mol. The number of aliphatic carboxylic acids is 1. The number of likely N-dealkylation sites (N-methyl/N-ethyl adjacent to an activating group) is 1. The predicted molar refractivity (Wildman–Crippen MR) is 59.5 cm³/mol. The number of urea groups is 1. The molecule has 3 amide bonds. The molecule has 0 spiro atoms. The number of carboxylic acid groups (broad SMARTS) is 1. The minimum atomic E-state index is -0.940. The summed E-state index contributed by atoms with van der Waals surface area (Å²) in [5, 5.41) is 11.1. The van der Waals surface area contributed by atoms with Crippen molar-refractivity contribution in [1.29, 1.82) is 0 Å². The van der Waals surface area contributed by atoms with Crippen molar-refractivity contribution in [1.82, 2.24) is 15.1 Å². The van der Waals surface area contributed by atoms with E-state index in [2.05, 4.69) is 5.32 Å². The van der Waals surface area contributed by atoms with Crippen molar-refractivity contribution >= 4 is 17.9 Å². The van der Waals surface area contributed by atoms with Crippen LogP contribution >= 0.6 is 0 Å². The van der Waals surface area contributed by atoms with Gasteiger partial charge in [0.15, 0.2) is 0 Å². The number of carbonyl (C=O) groups excluding carboxylic acids is 2. The zero-order valence-electron chi connectivity index (χ0n) is 10.2. The summed E-state index contributed by atoms with van der Waals surface area (Å²) in [7, 11) is 1.62. The summed E-state index contributed by atoms with van der Waals surface area (Å²) in [4.78, 5) is 36.4. The third-order valence-electron chi connectivity index (χ3n) is 2.55. The molecule has 7 nitrogen and oxygen atoms in total. The van der Waals surface area contributed by atoms with Crippen LogP contribution in [0, 0.1) is 0 Å². The fourth-order valence-corrected chi connectivity index (χ4v) is 1.60. The van der Waals surface area contributed by atoms with Crippen LogP contribution < -0.4 is 5.32 Å². The van der Waals surface area contributed by atoms with Crippen LogP contribution in [0.3, 0.4) is 0 Å². The van der Waals surface area contributed by atoms with Crippen LogP contribution in [-0.2, 0) is 9.59 Å². The van der Waals surface area contributed by atoms with E-state index < -0.39 is 17.5 Å². The molecule has 7 heteroatoms. The van der Waals surface area contributed by atoms with Gasteiger partial charge in [-0.3, -0.25) is 19.4 Å². The molecule has 1 aliphatic rings. The molecular formula is C10H17N3O4. The van der Waals surface area contributed by atoms with Crippen molar-refractivity contribution in [2.75, 3.05) is 26.7 Å². The Morgan fingerprint density at radius 1 is 1.47 bits per heavy atom. The van der Waals surface area contributed by atoms with Gasteiger partial charge in [-0.1, -0.05) is 0 Å². The molecule has 2 N–H and O–H groups in total. The normalized spacial score (nSPS) is 18.7. The highest BCUT2D eigenvalue weighted by Gasteiger charge is 2.43. The Labute approximate surface area is 99.4 Å². The van der Waals surface area contributed by atoms with Crippen LogP contribution in [0.4, 0.5) is 4.79 Å². The monoisotopic (exact) mass is 243 g/mol. The van der Waals surface area contributed by atoms with Gasteiger partial charge < -0.3 is 10.4 Å². The Hall–Kier alpha value is -1.63. The molecule has 1 rings (SSSR count). The molecule has 0 aromatic heterocycles. The largest absolute Gasteiger partial charge is 0.480 e. The molecule has 0 aromatic rings. The van der Waals surface area contributed by atoms with Crippen LogP contribution in [-0.4, -0.2) is 65.0 Å².